The van der Waals surface area contributed by atoms with Crippen molar-refractivity contribution in [2.45, 2.75) is 18.2 Å². The molecule has 0 atom stereocenters. The first-order valence-electron chi connectivity index (χ1n) is 8.49. The van der Waals surface area contributed by atoms with Crippen molar-refractivity contribution in [3.63, 3.8) is 0 Å². The van der Waals surface area contributed by atoms with Gasteiger partial charge in [0.1, 0.15) is 0 Å². The lowest BCUT2D eigenvalue weighted by Crippen LogP contribution is -2.14. The van der Waals surface area contributed by atoms with E-state index < -0.39 is 0 Å². The maximum atomic E-state index is 12.6. The summed E-state index contributed by atoms with van der Waals surface area (Å²) in [4.78, 5) is 29.8. The molecule has 27 heavy (non-hydrogen) atoms. The molecule has 4 rings (SSSR count). The first-order valence-corrected chi connectivity index (χ1v) is 10.4. The molecule has 2 heterocycles. The van der Waals surface area contributed by atoms with E-state index in [1.165, 1.54) is 16.9 Å². The van der Waals surface area contributed by atoms with Gasteiger partial charge in [0.2, 0.25) is 5.91 Å². The second-order valence-corrected chi connectivity index (χ2v) is 8.21. The Morgan fingerprint density at radius 1 is 1.19 bits per heavy atom. The Morgan fingerprint density at radius 2 is 2.00 bits per heavy atom. The number of nitrogens with one attached hydrogen (secondary N) is 2. The molecular formula is C20H17N3O2S2. The third-order valence-corrected chi connectivity index (χ3v) is 6.01. The Bertz CT molecular complexity index is 1010. The summed E-state index contributed by atoms with van der Waals surface area (Å²) >= 11 is 3.00. The average molecular weight is 396 g/mol. The van der Waals surface area contributed by atoms with Crippen molar-refractivity contribution < 1.29 is 9.59 Å². The van der Waals surface area contributed by atoms with Gasteiger partial charge in [0.15, 0.2) is 5.13 Å². The first-order chi connectivity index (χ1) is 13.1. The fourth-order valence-electron chi connectivity index (χ4n) is 2.72. The number of anilines is 2. The summed E-state index contributed by atoms with van der Waals surface area (Å²) in [6, 6.07) is 13.5. The highest BCUT2D eigenvalue weighted by molar-refractivity contribution is 7.99. The molecule has 0 saturated carbocycles. The lowest BCUT2D eigenvalue weighted by molar-refractivity contribution is -0.115. The van der Waals surface area contributed by atoms with Gasteiger partial charge in [0.25, 0.3) is 5.91 Å². The van der Waals surface area contributed by atoms with Gasteiger partial charge in [0.05, 0.1) is 11.4 Å². The molecule has 1 aliphatic heterocycles. The molecule has 0 bridgehead atoms. The summed E-state index contributed by atoms with van der Waals surface area (Å²) in [7, 11) is 0. The van der Waals surface area contributed by atoms with Crippen molar-refractivity contribution in [1.82, 2.24) is 4.98 Å². The largest absolute Gasteiger partial charge is 0.325 e. The number of hydrogen-bond donors (Lipinski definition) is 2. The smallest absolute Gasteiger partial charge is 0.257 e. The third kappa shape index (κ3) is 4.04. The normalized spacial score (nSPS) is 13.4. The van der Waals surface area contributed by atoms with Crippen LogP contribution in [-0.4, -0.2) is 22.6 Å². The predicted molar refractivity (Wildman–Crippen MR) is 111 cm³/mol. The number of aryl methyl sites for hydroxylation is 1. The number of thioether (sulfide) groups is 1. The maximum Gasteiger partial charge on any atom is 0.257 e. The van der Waals surface area contributed by atoms with Gasteiger partial charge < -0.3 is 5.32 Å². The Labute approximate surface area is 165 Å². The van der Waals surface area contributed by atoms with Crippen LogP contribution in [0.25, 0.3) is 11.3 Å². The molecular weight excluding hydrogens is 378 g/mol. The van der Waals surface area contributed by atoms with Crippen molar-refractivity contribution in [3.8, 4) is 11.3 Å². The summed E-state index contributed by atoms with van der Waals surface area (Å²) in [5.74, 6) is 0.471. The second-order valence-electron chi connectivity index (χ2n) is 6.22. The molecule has 0 spiro atoms. The van der Waals surface area contributed by atoms with E-state index in [0.717, 1.165) is 21.9 Å². The molecule has 2 N–H and O–H groups in total. The van der Waals surface area contributed by atoms with Crippen molar-refractivity contribution in [2.24, 2.45) is 0 Å². The van der Waals surface area contributed by atoms with Crippen LogP contribution in [0, 0.1) is 6.92 Å². The topological polar surface area (TPSA) is 71.1 Å². The second kappa shape index (κ2) is 7.54. The molecule has 1 aliphatic rings. The summed E-state index contributed by atoms with van der Waals surface area (Å²) in [6.45, 7) is 2.04. The van der Waals surface area contributed by atoms with Crippen molar-refractivity contribution >= 4 is 45.7 Å². The summed E-state index contributed by atoms with van der Waals surface area (Å²) in [5.41, 5.74) is 4.22. The lowest BCUT2D eigenvalue weighted by atomic mass is 10.1. The van der Waals surface area contributed by atoms with Gasteiger partial charge in [0, 0.05) is 33.6 Å². The van der Waals surface area contributed by atoms with Crippen LogP contribution in [0.15, 0.2) is 52.7 Å². The minimum absolute atomic E-state index is 0.0264. The Hall–Kier alpha value is -2.64. The van der Waals surface area contributed by atoms with E-state index in [9.17, 15) is 9.59 Å². The number of aromatic nitrogens is 1. The highest BCUT2D eigenvalue weighted by Crippen LogP contribution is 2.32. The molecule has 2 amide bonds. The van der Waals surface area contributed by atoms with Crippen LogP contribution < -0.4 is 10.6 Å². The zero-order valence-corrected chi connectivity index (χ0v) is 16.2. The van der Waals surface area contributed by atoms with Crippen LogP contribution in [-0.2, 0) is 4.79 Å². The van der Waals surface area contributed by atoms with E-state index in [2.05, 4.69) is 15.6 Å². The minimum Gasteiger partial charge on any atom is -0.325 e. The maximum absolute atomic E-state index is 12.6. The minimum atomic E-state index is -0.244. The Kier molecular flexibility index (Phi) is 4.96. The van der Waals surface area contributed by atoms with Gasteiger partial charge in [-0.25, -0.2) is 4.98 Å². The zero-order chi connectivity index (χ0) is 18.8. The summed E-state index contributed by atoms with van der Waals surface area (Å²) in [6.07, 6.45) is 0.474. The van der Waals surface area contributed by atoms with Crippen molar-refractivity contribution in [3.05, 3.63) is 59.0 Å². The molecule has 5 nitrogen and oxygen atoms in total. The fraction of sp³-hybridized carbons (Fsp3) is 0.150. The van der Waals surface area contributed by atoms with Crippen molar-refractivity contribution in [1.29, 1.82) is 0 Å². The number of rotatable bonds is 3. The lowest BCUT2D eigenvalue weighted by Gasteiger charge is -2.08. The van der Waals surface area contributed by atoms with Gasteiger partial charge in [-0.2, -0.15) is 0 Å². The van der Waals surface area contributed by atoms with Gasteiger partial charge in [-0.05, 0) is 25.1 Å². The molecule has 2 aromatic carbocycles. The quantitative estimate of drug-likeness (QED) is 0.668. The number of carbonyl (C=O) groups excluding carboxylic acids is 2. The van der Waals surface area contributed by atoms with Gasteiger partial charge in [-0.1, -0.05) is 29.8 Å². The highest BCUT2D eigenvalue weighted by atomic mass is 32.2. The number of amides is 2. The Balaban J connectivity index is 1.51. The molecule has 0 aliphatic carbocycles. The predicted octanol–water partition coefficient (Wildman–Crippen LogP) is 4.81. The van der Waals surface area contributed by atoms with Gasteiger partial charge >= 0.3 is 0 Å². The fourth-order valence-corrected chi connectivity index (χ4v) is 4.37. The molecule has 0 saturated heterocycles. The number of benzene rings is 2. The molecule has 0 unspecified atom stereocenters. The van der Waals surface area contributed by atoms with Gasteiger partial charge in [-0.15, -0.1) is 23.1 Å². The number of fused-ring (bicyclic) bond motifs is 1. The number of carbonyl (C=O) groups is 2. The van der Waals surface area contributed by atoms with E-state index in [4.69, 9.17) is 0 Å². The van der Waals surface area contributed by atoms with Crippen LogP contribution in [0.3, 0.4) is 0 Å². The molecule has 7 heteroatoms. The number of thiazole rings is 1. The average Bonchev–Trinajstić information content (AvgIpc) is 3.03. The first kappa shape index (κ1) is 17.8. The molecule has 136 valence electrons. The number of nitrogens with zero attached hydrogens (tertiary/aromatic N) is 1. The van der Waals surface area contributed by atoms with Crippen molar-refractivity contribution in [2.75, 3.05) is 16.4 Å². The van der Waals surface area contributed by atoms with E-state index in [-0.39, 0.29) is 11.8 Å². The third-order valence-electron chi connectivity index (χ3n) is 4.17. The monoisotopic (exact) mass is 395 g/mol. The highest BCUT2D eigenvalue weighted by Gasteiger charge is 2.16. The molecule has 1 aromatic heterocycles. The van der Waals surface area contributed by atoms with E-state index >= 15 is 0 Å². The summed E-state index contributed by atoms with van der Waals surface area (Å²) < 4.78 is 0. The molecule has 0 radical (unpaired) electrons. The zero-order valence-electron chi connectivity index (χ0n) is 14.6. The van der Waals surface area contributed by atoms with Crippen LogP contribution in [0.1, 0.15) is 22.3 Å². The van der Waals surface area contributed by atoms with Gasteiger partial charge in [-0.3, -0.25) is 14.9 Å². The van der Waals surface area contributed by atoms with E-state index in [0.29, 0.717) is 22.8 Å². The molecule has 3 aromatic rings. The summed E-state index contributed by atoms with van der Waals surface area (Å²) in [5, 5.41) is 8.17. The Morgan fingerprint density at radius 3 is 2.81 bits per heavy atom. The van der Waals surface area contributed by atoms with E-state index in [1.54, 1.807) is 23.9 Å². The standard InChI is InChI=1S/C20H17N3O2S2/c1-12-2-4-13(5-3-12)16-11-27-20(22-16)23-19(25)14-6-7-17-15(10-14)21-18(24)8-9-26-17/h2-7,10-11H,8-9H2,1H3,(H,21,24)(H,22,23,25). The van der Waals surface area contributed by atoms with Crippen LogP contribution in [0.2, 0.25) is 0 Å². The SMILES string of the molecule is Cc1ccc(-c2csc(NC(=O)c3ccc4c(c3)NC(=O)CCS4)n2)cc1. The van der Waals surface area contributed by atoms with Crippen LogP contribution in [0.5, 0.6) is 0 Å². The van der Waals surface area contributed by atoms with Crippen LogP contribution >= 0.6 is 23.1 Å². The van der Waals surface area contributed by atoms with Crippen LogP contribution in [0.4, 0.5) is 10.8 Å². The molecule has 0 fully saturated rings. The number of hydrogen-bond acceptors (Lipinski definition) is 5. The van der Waals surface area contributed by atoms with E-state index in [1.807, 2.05) is 42.6 Å².